The first-order chi connectivity index (χ1) is 12.2. The molecule has 1 amide bonds. The number of carboxylic acid groups (broad SMARTS) is 1. The average Bonchev–Trinajstić information content (AvgIpc) is 2.55. The Kier molecular flexibility index (Phi) is 8.87. The van der Waals surface area contributed by atoms with E-state index in [1.54, 1.807) is 45.0 Å². The average molecular weight is 369 g/mol. The lowest BCUT2D eigenvalue weighted by Crippen LogP contribution is -2.38. The van der Waals surface area contributed by atoms with Crippen LogP contribution in [-0.2, 0) is 19.3 Å². The van der Waals surface area contributed by atoms with Crippen molar-refractivity contribution in [3.05, 3.63) is 29.8 Å². The summed E-state index contributed by atoms with van der Waals surface area (Å²) in [5, 5.41) is 11.7. The van der Waals surface area contributed by atoms with Gasteiger partial charge in [-0.2, -0.15) is 4.89 Å². The van der Waals surface area contributed by atoms with Gasteiger partial charge in [-0.25, -0.2) is 14.5 Å². The molecule has 0 aliphatic carbocycles. The van der Waals surface area contributed by atoms with E-state index in [1.165, 1.54) is 0 Å². The van der Waals surface area contributed by atoms with Gasteiger partial charge in [0.25, 0.3) is 0 Å². The number of benzene rings is 1. The first kappa shape index (κ1) is 21.7. The molecule has 1 aromatic rings. The lowest BCUT2D eigenvalue weighted by atomic mass is 10.1. The third-order valence-corrected chi connectivity index (χ3v) is 3.06. The number of carboxylic acids is 1. The zero-order valence-electron chi connectivity index (χ0n) is 15.6. The summed E-state index contributed by atoms with van der Waals surface area (Å²) in [7, 11) is 0. The lowest BCUT2D eigenvalue weighted by Gasteiger charge is -2.22. The number of unbranched alkanes of at least 4 members (excludes halogenated alkanes) is 1. The highest BCUT2D eigenvalue weighted by Crippen LogP contribution is 2.19. The van der Waals surface area contributed by atoms with Crippen molar-refractivity contribution in [1.82, 2.24) is 5.32 Å². The van der Waals surface area contributed by atoms with E-state index < -0.39 is 23.7 Å². The van der Waals surface area contributed by atoms with Crippen molar-refractivity contribution in [3.8, 4) is 5.75 Å². The number of hydrogen-bond donors (Lipinski definition) is 2. The van der Waals surface area contributed by atoms with Gasteiger partial charge >= 0.3 is 12.1 Å². The minimum absolute atomic E-state index is 0.0818. The number of ether oxygens (including phenoxy) is 2. The van der Waals surface area contributed by atoms with Crippen molar-refractivity contribution in [2.75, 3.05) is 13.4 Å². The van der Waals surface area contributed by atoms with Crippen LogP contribution in [0.25, 0.3) is 0 Å². The molecule has 2 N–H and O–H groups in total. The number of rotatable bonds is 10. The van der Waals surface area contributed by atoms with Crippen LogP contribution in [0.5, 0.6) is 5.75 Å². The summed E-state index contributed by atoms with van der Waals surface area (Å²) < 4.78 is 10.4. The van der Waals surface area contributed by atoms with Gasteiger partial charge in [0.2, 0.25) is 6.79 Å². The van der Waals surface area contributed by atoms with Gasteiger partial charge in [-0.05, 0) is 44.9 Å². The molecule has 146 valence electrons. The summed E-state index contributed by atoms with van der Waals surface area (Å²) in [6, 6.07) is 5.02. The monoisotopic (exact) mass is 369 g/mol. The first-order valence-electron chi connectivity index (χ1n) is 8.42. The fraction of sp³-hybridized carbons (Fsp3) is 0.556. The van der Waals surface area contributed by atoms with Crippen LogP contribution in [0.4, 0.5) is 4.79 Å². The molecule has 1 atom stereocenters. The molecule has 0 heterocycles. The van der Waals surface area contributed by atoms with Crippen LogP contribution in [0.15, 0.2) is 24.3 Å². The maximum Gasteiger partial charge on any atom is 0.408 e. The number of amides is 1. The Morgan fingerprint density at radius 2 is 1.81 bits per heavy atom. The van der Waals surface area contributed by atoms with Gasteiger partial charge in [0, 0.05) is 0 Å². The molecule has 8 nitrogen and oxygen atoms in total. The summed E-state index contributed by atoms with van der Waals surface area (Å²) >= 11 is 0. The van der Waals surface area contributed by atoms with Crippen LogP contribution in [0.1, 0.15) is 52.1 Å². The Morgan fingerprint density at radius 3 is 2.35 bits per heavy atom. The molecular formula is C18H27NO7. The van der Waals surface area contributed by atoms with Gasteiger partial charge in [0.15, 0.2) is 6.04 Å². The minimum atomic E-state index is -1.23. The molecule has 0 bridgehead atoms. The van der Waals surface area contributed by atoms with Crippen LogP contribution in [0.3, 0.4) is 0 Å². The van der Waals surface area contributed by atoms with Gasteiger partial charge in [-0.3, -0.25) is 0 Å². The molecule has 0 saturated carbocycles. The van der Waals surface area contributed by atoms with Crippen LogP contribution < -0.4 is 10.1 Å². The Balaban J connectivity index is 2.57. The van der Waals surface area contributed by atoms with Crippen LogP contribution in [0.2, 0.25) is 0 Å². The third-order valence-electron chi connectivity index (χ3n) is 3.06. The lowest BCUT2D eigenvalue weighted by molar-refractivity contribution is -0.323. The Labute approximate surface area is 153 Å². The molecular weight excluding hydrogens is 342 g/mol. The maximum atomic E-state index is 11.8. The molecule has 0 fully saturated rings. The van der Waals surface area contributed by atoms with E-state index in [-0.39, 0.29) is 6.79 Å². The zero-order valence-corrected chi connectivity index (χ0v) is 15.6. The predicted octanol–water partition coefficient (Wildman–Crippen LogP) is 3.42. The molecule has 0 aliphatic heterocycles. The third kappa shape index (κ3) is 8.68. The number of carbonyl (C=O) groups is 2. The maximum absolute atomic E-state index is 11.8. The fourth-order valence-corrected chi connectivity index (χ4v) is 1.86. The fourth-order valence-electron chi connectivity index (χ4n) is 1.86. The largest absolute Gasteiger partial charge is 0.479 e. The summed E-state index contributed by atoms with van der Waals surface area (Å²) in [5.41, 5.74) is -0.333. The van der Waals surface area contributed by atoms with Crippen molar-refractivity contribution < 1.29 is 33.9 Å². The summed E-state index contributed by atoms with van der Waals surface area (Å²) in [6.45, 7) is 7.55. The molecule has 1 unspecified atom stereocenters. The SMILES string of the molecule is CCCCOOCOc1ccc(C(NC(=O)OC(C)(C)C)C(=O)O)cc1. The van der Waals surface area contributed by atoms with Crippen molar-refractivity contribution in [1.29, 1.82) is 0 Å². The van der Waals surface area contributed by atoms with E-state index in [9.17, 15) is 14.7 Å². The molecule has 0 spiro atoms. The van der Waals surface area contributed by atoms with E-state index in [1.807, 2.05) is 6.92 Å². The number of alkyl carbamates (subject to hydrolysis) is 1. The number of hydrogen-bond acceptors (Lipinski definition) is 6. The smallest absolute Gasteiger partial charge is 0.408 e. The Hall–Kier alpha value is -2.32. The van der Waals surface area contributed by atoms with E-state index in [2.05, 4.69) is 5.32 Å². The molecule has 0 aromatic heterocycles. The summed E-state index contributed by atoms with van der Waals surface area (Å²) in [6.07, 6.45) is 1.10. The van der Waals surface area contributed by atoms with E-state index in [0.717, 1.165) is 12.8 Å². The van der Waals surface area contributed by atoms with Gasteiger partial charge in [0.1, 0.15) is 11.4 Å². The normalized spacial score (nSPS) is 12.3. The molecule has 26 heavy (non-hydrogen) atoms. The van der Waals surface area contributed by atoms with Crippen molar-refractivity contribution >= 4 is 12.1 Å². The van der Waals surface area contributed by atoms with Crippen LogP contribution in [0, 0.1) is 0 Å². The molecule has 0 saturated heterocycles. The minimum Gasteiger partial charge on any atom is -0.479 e. The van der Waals surface area contributed by atoms with E-state index in [4.69, 9.17) is 19.2 Å². The highest BCUT2D eigenvalue weighted by molar-refractivity contribution is 5.81. The Morgan fingerprint density at radius 1 is 1.15 bits per heavy atom. The standard InChI is InChI=1S/C18H27NO7/c1-5-6-11-24-25-12-23-14-9-7-13(8-10-14)15(16(20)21)19-17(22)26-18(2,3)4/h7-10,15H,5-6,11-12H2,1-4H3,(H,19,22)(H,20,21). The number of aliphatic carboxylic acids is 1. The van der Waals surface area contributed by atoms with Gasteiger partial charge < -0.3 is 19.9 Å². The van der Waals surface area contributed by atoms with Crippen LogP contribution in [-0.4, -0.2) is 36.2 Å². The van der Waals surface area contributed by atoms with Crippen molar-refractivity contribution in [2.24, 2.45) is 0 Å². The molecule has 8 heteroatoms. The van der Waals surface area contributed by atoms with E-state index in [0.29, 0.717) is 17.9 Å². The first-order valence-corrected chi connectivity index (χ1v) is 8.42. The zero-order chi connectivity index (χ0) is 19.6. The number of carbonyl (C=O) groups excluding carboxylic acids is 1. The van der Waals surface area contributed by atoms with Gasteiger partial charge in [-0.15, -0.1) is 0 Å². The second kappa shape index (κ2) is 10.6. The molecule has 1 rings (SSSR count). The molecule has 0 radical (unpaired) electrons. The highest BCUT2D eigenvalue weighted by atomic mass is 17.2. The van der Waals surface area contributed by atoms with Crippen molar-refractivity contribution in [2.45, 2.75) is 52.2 Å². The second-order valence-electron chi connectivity index (χ2n) is 6.54. The number of nitrogens with one attached hydrogen (secondary N) is 1. The molecule has 1 aromatic carbocycles. The quantitative estimate of drug-likeness (QED) is 0.282. The molecule has 0 aliphatic rings. The summed E-state index contributed by atoms with van der Waals surface area (Å²) in [5.74, 6) is -0.716. The van der Waals surface area contributed by atoms with Gasteiger partial charge in [-0.1, -0.05) is 25.5 Å². The summed E-state index contributed by atoms with van der Waals surface area (Å²) in [4.78, 5) is 33.0. The van der Waals surface area contributed by atoms with E-state index >= 15 is 0 Å². The Bertz CT molecular complexity index is 566. The van der Waals surface area contributed by atoms with Gasteiger partial charge in [0.05, 0.1) is 6.61 Å². The second-order valence-corrected chi connectivity index (χ2v) is 6.54. The van der Waals surface area contributed by atoms with Crippen LogP contribution >= 0.6 is 0 Å². The topological polar surface area (TPSA) is 103 Å². The predicted molar refractivity (Wildman–Crippen MR) is 93.6 cm³/mol. The highest BCUT2D eigenvalue weighted by Gasteiger charge is 2.25. The van der Waals surface area contributed by atoms with Crippen molar-refractivity contribution in [3.63, 3.8) is 0 Å².